The first-order chi connectivity index (χ1) is 11.1. The molecule has 0 radical (unpaired) electrons. The van der Waals surface area contributed by atoms with E-state index in [4.69, 9.17) is 4.74 Å². The van der Waals surface area contributed by atoms with Crippen LogP contribution in [0.4, 0.5) is 0 Å². The van der Waals surface area contributed by atoms with Gasteiger partial charge in [-0.3, -0.25) is 9.78 Å². The van der Waals surface area contributed by atoms with E-state index in [0.717, 1.165) is 11.3 Å². The number of aromatic nitrogens is 1. The summed E-state index contributed by atoms with van der Waals surface area (Å²) in [4.78, 5) is 28.8. The number of nitrogens with one attached hydrogen (secondary N) is 1. The largest absolute Gasteiger partial charge is 0.445 e. The van der Waals surface area contributed by atoms with Crippen molar-refractivity contribution in [2.45, 2.75) is 25.4 Å². The van der Waals surface area contributed by atoms with E-state index in [9.17, 15) is 9.59 Å². The molecule has 1 aromatic carbocycles. The topological polar surface area (TPSA) is 68.3 Å². The van der Waals surface area contributed by atoms with Gasteiger partial charge in [0.15, 0.2) is 5.60 Å². The maximum Gasteiger partial charge on any atom is 0.339 e. The summed E-state index contributed by atoms with van der Waals surface area (Å²) in [5.74, 6) is -0.731. The number of esters is 1. The van der Waals surface area contributed by atoms with Crippen LogP contribution in [-0.2, 0) is 22.4 Å². The molecule has 0 bridgehead atoms. The molecule has 23 heavy (non-hydrogen) atoms. The van der Waals surface area contributed by atoms with Crippen LogP contribution in [0.15, 0.2) is 48.7 Å². The van der Waals surface area contributed by atoms with Crippen LogP contribution in [0.1, 0.15) is 28.5 Å². The van der Waals surface area contributed by atoms with E-state index in [1.54, 1.807) is 25.3 Å². The molecule has 3 rings (SSSR count). The number of nitrogens with zero attached hydrogens (tertiary/aromatic N) is 1. The summed E-state index contributed by atoms with van der Waals surface area (Å²) in [5, 5.41) is 2.84. The van der Waals surface area contributed by atoms with Gasteiger partial charge in [-0.05, 0) is 30.7 Å². The fourth-order valence-corrected chi connectivity index (χ4v) is 2.70. The zero-order valence-corrected chi connectivity index (χ0v) is 12.9. The third kappa shape index (κ3) is 3.23. The summed E-state index contributed by atoms with van der Waals surface area (Å²) in [7, 11) is 0. The van der Waals surface area contributed by atoms with Crippen LogP contribution >= 0.6 is 0 Å². The summed E-state index contributed by atoms with van der Waals surface area (Å²) in [6.45, 7) is 2.10. The van der Waals surface area contributed by atoms with Gasteiger partial charge >= 0.3 is 5.97 Å². The van der Waals surface area contributed by atoms with Crippen molar-refractivity contribution < 1.29 is 14.3 Å². The smallest absolute Gasteiger partial charge is 0.339 e. The van der Waals surface area contributed by atoms with Crippen LogP contribution in [0.3, 0.4) is 0 Å². The summed E-state index contributed by atoms with van der Waals surface area (Å²) in [5.41, 5.74) is 1.11. The molecule has 1 amide bonds. The average molecular weight is 310 g/mol. The third-order valence-electron chi connectivity index (χ3n) is 3.96. The molecule has 1 atom stereocenters. The Morgan fingerprint density at radius 3 is 2.83 bits per heavy atom. The molecule has 0 spiro atoms. The predicted molar refractivity (Wildman–Crippen MR) is 84.9 cm³/mol. The molecule has 1 aliphatic rings. The highest BCUT2D eigenvalue weighted by molar-refractivity contribution is 5.97. The maximum absolute atomic E-state index is 12.5. The highest BCUT2D eigenvalue weighted by atomic mass is 16.6. The Labute approximate surface area is 134 Å². The predicted octanol–water partition coefficient (Wildman–Crippen LogP) is 1.91. The number of hydrogen-bond donors (Lipinski definition) is 1. The van der Waals surface area contributed by atoms with Crippen molar-refractivity contribution in [3.05, 3.63) is 65.5 Å². The van der Waals surface area contributed by atoms with Crippen LogP contribution in [0.25, 0.3) is 0 Å². The number of ether oxygens (including phenoxy) is 1. The number of carbonyl (C=O) groups is 2. The van der Waals surface area contributed by atoms with Crippen LogP contribution in [-0.4, -0.2) is 29.0 Å². The van der Waals surface area contributed by atoms with Gasteiger partial charge in [0.25, 0.3) is 5.91 Å². The lowest BCUT2D eigenvalue weighted by Crippen LogP contribution is -2.52. The van der Waals surface area contributed by atoms with Crippen LogP contribution < -0.4 is 5.32 Å². The minimum atomic E-state index is -1.17. The van der Waals surface area contributed by atoms with Gasteiger partial charge in [0.05, 0.1) is 5.56 Å². The number of carbonyl (C=O) groups excluding carboxylic acids is 2. The van der Waals surface area contributed by atoms with Gasteiger partial charge in [0.2, 0.25) is 0 Å². The molecule has 1 unspecified atom stereocenters. The van der Waals surface area contributed by atoms with Crippen LogP contribution in [0, 0.1) is 0 Å². The molecule has 5 nitrogen and oxygen atoms in total. The number of hydrogen-bond acceptors (Lipinski definition) is 4. The molecule has 0 saturated heterocycles. The first-order valence-electron chi connectivity index (χ1n) is 7.58. The van der Waals surface area contributed by atoms with Gasteiger partial charge < -0.3 is 10.1 Å². The van der Waals surface area contributed by atoms with Crippen molar-refractivity contribution >= 4 is 11.9 Å². The number of rotatable bonds is 4. The van der Waals surface area contributed by atoms with Crippen molar-refractivity contribution in [2.75, 3.05) is 6.54 Å². The Morgan fingerprint density at radius 2 is 2.04 bits per heavy atom. The second-order valence-corrected chi connectivity index (χ2v) is 5.78. The van der Waals surface area contributed by atoms with E-state index < -0.39 is 11.6 Å². The lowest BCUT2D eigenvalue weighted by atomic mass is 9.89. The fourth-order valence-electron chi connectivity index (χ4n) is 2.70. The fraction of sp³-hybridized carbons (Fsp3) is 0.278. The maximum atomic E-state index is 12.5. The van der Waals surface area contributed by atoms with Gasteiger partial charge in [0.1, 0.15) is 0 Å². The second kappa shape index (κ2) is 6.20. The standard InChI is InChI=1S/C18H18N2O3/c1-18(12-13-6-2-3-8-15(13)16(21)23-18)17(22)20-11-9-14-7-4-5-10-19-14/h2-8,10H,9,11-12H2,1H3,(H,20,22). The van der Waals surface area contributed by atoms with Crippen molar-refractivity contribution in [1.29, 1.82) is 0 Å². The molecule has 2 aromatic rings. The minimum Gasteiger partial charge on any atom is -0.445 e. The Kier molecular flexibility index (Phi) is 4.10. The second-order valence-electron chi connectivity index (χ2n) is 5.78. The molecule has 1 aromatic heterocycles. The van der Waals surface area contributed by atoms with Crippen molar-refractivity contribution in [2.24, 2.45) is 0 Å². The third-order valence-corrected chi connectivity index (χ3v) is 3.96. The number of cyclic esters (lactones) is 1. The van der Waals surface area contributed by atoms with E-state index >= 15 is 0 Å². The molecule has 1 N–H and O–H groups in total. The van der Waals surface area contributed by atoms with Gasteiger partial charge in [-0.25, -0.2) is 4.79 Å². The molecule has 0 fully saturated rings. The number of fused-ring (bicyclic) bond motifs is 1. The summed E-state index contributed by atoms with van der Waals surface area (Å²) in [6.07, 6.45) is 2.73. The molecule has 1 aliphatic heterocycles. The quantitative estimate of drug-likeness (QED) is 0.876. The van der Waals surface area contributed by atoms with E-state index in [1.807, 2.05) is 30.3 Å². The van der Waals surface area contributed by atoms with Gasteiger partial charge in [-0.2, -0.15) is 0 Å². The van der Waals surface area contributed by atoms with Crippen LogP contribution in [0.5, 0.6) is 0 Å². The molecule has 118 valence electrons. The summed E-state index contributed by atoms with van der Waals surface area (Å²) < 4.78 is 5.40. The van der Waals surface area contributed by atoms with Gasteiger partial charge in [-0.1, -0.05) is 24.3 Å². The monoisotopic (exact) mass is 310 g/mol. The molecule has 0 saturated carbocycles. The number of benzene rings is 1. The molecule has 5 heteroatoms. The first kappa shape index (κ1) is 15.2. The van der Waals surface area contributed by atoms with Crippen molar-refractivity contribution in [3.63, 3.8) is 0 Å². The Bertz CT molecular complexity index is 730. The highest BCUT2D eigenvalue weighted by Gasteiger charge is 2.42. The normalized spacial score (nSPS) is 19.6. The van der Waals surface area contributed by atoms with Crippen molar-refractivity contribution in [3.8, 4) is 0 Å². The number of pyridine rings is 1. The average Bonchev–Trinajstić information content (AvgIpc) is 2.55. The highest BCUT2D eigenvalue weighted by Crippen LogP contribution is 2.28. The van der Waals surface area contributed by atoms with Gasteiger partial charge in [0, 0.05) is 31.3 Å². The molecular weight excluding hydrogens is 292 g/mol. The number of amides is 1. The van der Waals surface area contributed by atoms with E-state index in [0.29, 0.717) is 24.9 Å². The van der Waals surface area contributed by atoms with E-state index in [2.05, 4.69) is 10.3 Å². The SMILES string of the molecule is CC1(C(=O)NCCc2ccccn2)Cc2ccccc2C(=O)O1. The Hall–Kier alpha value is -2.69. The Balaban J connectivity index is 1.64. The van der Waals surface area contributed by atoms with E-state index in [-0.39, 0.29) is 5.91 Å². The zero-order valence-electron chi connectivity index (χ0n) is 12.9. The van der Waals surface area contributed by atoms with Gasteiger partial charge in [-0.15, -0.1) is 0 Å². The van der Waals surface area contributed by atoms with E-state index in [1.165, 1.54) is 0 Å². The Morgan fingerprint density at radius 1 is 1.26 bits per heavy atom. The minimum absolute atomic E-state index is 0.281. The molecule has 2 heterocycles. The zero-order chi connectivity index (χ0) is 16.3. The van der Waals surface area contributed by atoms with Crippen LogP contribution in [0.2, 0.25) is 0 Å². The first-order valence-corrected chi connectivity index (χ1v) is 7.58. The molecular formula is C18H18N2O3. The summed E-state index contributed by atoms with van der Waals surface area (Å²) >= 11 is 0. The lowest BCUT2D eigenvalue weighted by Gasteiger charge is -2.33. The van der Waals surface area contributed by atoms with Crippen molar-refractivity contribution in [1.82, 2.24) is 10.3 Å². The molecule has 0 aliphatic carbocycles. The lowest BCUT2D eigenvalue weighted by molar-refractivity contribution is -0.139. The summed E-state index contributed by atoms with van der Waals surface area (Å²) in [6, 6.07) is 12.9.